The zero-order valence-corrected chi connectivity index (χ0v) is 18.2. The molecule has 2 amide bonds. The standard InChI is InChI=1S/C22H23N3O5S/c1-14-8-7-11-16-18(14)25(12-17(26)27)20(28)22(2,23-19(16)31-3)24-21(29)30-13-15-9-5-4-6-10-15/h4-11H,12-13H2,1-3H3,(H,24,29)(H,26,27). The molecule has 2 N–H and O–H groups in total. The van der Waals surface area contributed by atoms with Crippen molar-refractivity contribution in [2.24, 2.45) is 4.99 Å². The van der Waals surface area contributed by atoms with Gasteiger partial charge in [0.25, 0.3) is 5.91 Å². The molecule has 0 aliphatic carbocycles. The molecule has 1 aliphatic rings. The minimum atomic E-state index is -1.74. The summed E-state index contributed by atoms with van der Waals surface area (Å²) in [6.07, 6.45) is 0.970. The number of anilines is 1. The number of aliphatic carboxylic acids is 1. The van der Waals surface area contributed by atoms with E-state index in [0.29, 0.717) is 16.3 Å². The molecule has 31 heavy (non-hydrogen) atoms. The smallest absolute Gasteiger partial charge is 0.409 e. The molecule has 0 radical (unpaired) electrons. The second-order valence-electron chi connectivity index (χ2n) is 7.14. The van der Waals surface area contributed by atoms with Crippen molar-refractivity contribution >= 4 is 40.5 Å². The van der Waals surface area contributed by atoms with Gasteiger partial charge in [-0.1, -0.05) is 48.5 Å². The van der Waals surface area contributed by atoms with Crippen LogP contribution in [-0.2, 0) is 20.9 Å². The Hall–Kier alpha value is -3.33. The molecule has 3 rings (SSSR count). The van der Waals surface area contributed by atoms with Crippen LogP contribution in [0.2, 0.25) is 0 Å². The number of ether oxygens (including phenoxy) is 1. The molecular formula is C22H23N3O5S. The first kappa shape index (κ1) is 22.4. The molecule has 2 aromatic rings. The highest BCUT2D eigenvalue weighted by atomic mass is 32.2. The number of fused-ring (bicyclic) bond motifs is 1. The third-order valence-corrected chi connectivity index (χ3v) is 5.47. The molecular weight excluding hydrogens is 418 g/mol. The van der Waals surface area contributed by atoms with Gasteiger partial charge < -0.3 is 9.84 Å². The number of nitrogens with one attached hydrogen (secondary N) is 1. The lowest BCUT2D eigenvalue weighted by Crippen LogP contribution is -2.57. The second-order valence-corrected chi connectivity index (χ2v) is 7.93. The summed E-state index contributed by atoms with van der Waals surface area (Å²) < 4.78 is 5.26. The highest BCUT2D eigenvalue weighted by molar-refractivity contribution is 8.13. The van der Waals surface area contributed by atoms with Crippen LogP contribution in [-0.4, -0.2) is 46.6 Å². The number of carboxylic acid groups (broad SMARTS) is 1. The van der Waals surface area contributed by atoms with Gasteiger partial charge in [-0.2, -0.15) is 0 Å². The maximum atomic E-state index is 13.5. The van der Waals surface area contributed by atoms with Crippen molar-refractivity contribution in [2.75, 3.05) is 17.7 Å². The first-order valence-corrected chi connectivity index (χ1v) is 10.7. The topological polar surface area (TPSA) is 108 Å². The summed E-state index contributed by atoms with van der Waals surface area (Å²) in [7, 11) is 0. The van der Waals surface area contributed by atoms with E-state index in [4.69, 9.17) is 4.74 Å². The SMILES string of the molecule is CSC1=NC(C)(NC(=O)OCc2ccccc2)C(=O)N(CC(=O)O)c2c(C)cccc21. The number of hydrogen-bond acceptors (Lipinski definition) is 6. The molecule has 0 saturated carbocycles. The number of carbonyl (C=O) groups excluding carboxylic acids is 2. The number of rotatable bonds is 5. The van der Waals surface area contributed by atoms with Crippen LogP contribution in [0.25, 0.3) is 0 Å². The van der Waals surface area contributed by atoms with Gasteiger partial charge in [-0.15, -0.1) is 11.8 Å². The lowest BCUT2D eigenvalue weighted by Gasteiger charge is -2.30. The molecule has 162 valence electrons. The molecule has 9 heteroatoms. The fourth-order valence-corrected chi connectivity index (χ4v) is 4.00. The Labute approximate surface area is 184 Å². The van der Waals surface area contributed by atoms with Crippen molar-refractivity contribution in [1.82, 2.24) is 5.32 Å². The molecule has 1 atom stereocenters. The molecule has 0 spiro atoms. The van der Waals surface area contributed by atoms with E-state index >= 15 is 0 Å². The number of hydrogen-bond donors (Lipinski definition) is 2. The number of nitrogens with zero attached hydrogens (tertiary/aromatic N) is 2. The number of benzene rings is 2. The maximum Gasteiger partial charge on any atom is 0.409 e. The first-order valence-electron chi connectivity index (χ1n) is 9.51. The Kier molecular flexibility index (Phi) is 6.65. The van der Waals surface area contributed by atoms with Crippen molar-refractivity contribution in [3.8, 4) is 0 Å². The van der Waals surface area contributed by atoms with Crippen LogP contribution < -0.4 is 10.2 Å². The summed E-state index contributed by atoms with van der Waals surface area (Å²) in [4.78, 5) is 43.2. The number of amides is 2. The predicted molar refractivity (Wildman–Crippen MR) is 119 cm³/mol. The summed E-state index contributed by atoms with van der Waals surface area (Å²) >= 11 is 1.30. The summed E-state index contributed by atoms with van der Waals surface area (Å²) in [6.45, 7) is 2.69. The number of carboxylic acids is 1. The van der Waals surface area contributed by atoms with E-state index in [-0.39, 0.29) is 6.61 Å². The molecule has 1 aliphatic heterocycles. The van der Waals surface area contributed by atoms with E-state index in [1.165, 1.54) is 18.7 Å². The van der Waals surface area contributed by atoms with Gasteiger partial charge in [0.05, 0.1) is 5.69 Å². The number of para-hydroxylation sites is 1. The van der Waals surface area contributed by atoms with Crippen LogP contribution in [0.5, 0.6) is 0 Å². The third kappa shape index (κ3) is 4.88. The predicted octanol–water partition coefficient (Wildman–Crippen LogP) is 3.18. The van der Waals surface area contributed by atoms with E-state index in [1.54, 1.807) is 25.3 Å². The summed E-state index contributed by atoms with van der Waals surface area (Å²) in [6, 6.07) is 14.5. The van der Waals surface area contributed by atoms with Gasteiger partial charge in [0.2, 0.25) is 5.66 Å². The van der Waals surface area contributed by atoms with E-state index < -0.39 is 30.2 Å². The Morgan fingerprint density at radius 3 is 2.55 bits per heavy atom. The van der Waals surface area contributed by atoms with Gasteiger partial charge in [0.15, 0.2) is 0 Å². The largest absolute Gasteiger partial charge is 0.480 e. The van der Waals surface area contributed by atoms with E-state index in [0.717, 1.165) is 16.0 Å². The summed E-state index contributed by atoms with van der Waals surface area (Å²) in [5, 5.41) is 12.5. The highest BCUT2D eigenvalue weighted by Crippen LogP contribution is 2.34. The average molecular weight is 442 g/mol. The van der Waals surface area contributed by atoms with Crippen LogP contribution in [0, 0.1) is 6.92 Å². The molecule has 1 heterocycles. The summed E-state index contributed by atoms with van der Waals surface area (Å²) in [5.74, 6) is -1.84. The molecule has 0 fully saturated rings. The average Bonchev–Trinajstić information content (AvgIpc) is 2.82. The molecule has 0 aromatic heterocycles. The molecule has 8 nitrogen and oxygen atoms in total. The highest BCUT2D eigenvalue weighted by Gasteiger charge is 2.43. The normalized spacial score (nSPS) is 18.0. The van der Waals surface area contributed by atoms with Crippen LogP contribution in [0.1, 0.15) is 23.6 Å². The van der Waals surface area contributed by atoms with E-state index in [1.807, 2.05) is 36.4 Å². The zero-order chi connectivity index (χ0) is 22.6. The lowest BCUT2D eigenvalue weighted by molar-refractivity contribution is -0.137. The third-order valence-electron chi connectivity index (χ3n) is 4.77. The Morgan fingerprint density at radius 1 is 1.19 bits per heavy atom. The van der Waals surface area contributed by atoms with E-state index in [9.17, 15) is 19.5 Å². The van der Waals surface area contributed by atoms with Crippen LogP contribution in [0.3, 0.4) is 0 Å². The Morgan fingerprint density at radius 2 is 1.90 bits per heavy atom. The van der Waals surface area contributed by atoms with Gasteiger partial charge >= 0.3 is 12.1 Å². The first-order chi connectivity index (χ1) is 14.7. The second kappa shape index (κ2) is 9.22. The van der Waals surface area contributed by atoms with Crippen molar-refractivity contribution in [1.29, 1.82) is 0 Å². The maximum absolute atomic E-state index is 13.5. The van der Waals surface area contributed by atoms with E-state index in [2.05, 4.69) is 10.3 Å². The number of alkyl carbamates (subject to hydrolysis) is 1. The van der Waals surface area contributed by atoms with Crippen molar-refractivity contribution in [2.45, 2.75) is 26.1 Å². The fourth-order valence-electron chi connectivity index (χ4n) is 3.35. The molecule has 1 unspecified atom stereocenters. The fraction of sp³-hybridized carbons (Fsp3) is 0.273. The quantitative estimate of drug-likeness (QED) is 0.738. The van der Waals surface area contributed by atoms with Gasteiger partial charge in [0.1, 0.15) is 18.2 Å². The molecule has 2 aromatic carbocycles. The van der Waals surface area contributed by atoms with Crippen LogP contribution in [0.15, 0.2) is 53.5 Å². The number of benzodiazepines with no additional fused rings is 1. The Balaban J connectivity index is 1.95. The van der Waals surface area contributed by atoms with Gasteiger partial charge in [-0.3, -0.25) is 19.8 Å². The van der Waals surface area contributed by atoms with Crippen LogP contribution >= 0.6 is 11.8 Å². The number of thioether (sulfide) groups is 1. The monoisotopic (exact) mass is 441 g/mol. The number of carbonyl (C=O) groups is 3. The van der Waals surface area contributed by atoms with Gasteiger partial charge in [-0.25, -0.2) is 9.79 Å². The van der Waals surface area contributed by atoms with Gasteiger partial charge in [-0.05, 0) is 31.2 Å². The van der Waals surface area contributed by atoms with Crippen molar-refractivity contribution < 1.29 is 24.2 Å². The van der Waals surface area contributed by atoms with Gasteiger partial charge in [0, 0.05) is 5.56 Å². The summed E-state index contributed by atoms with van der Waals surface area (Å²) in [5.41, 5.74) is 0.868. The molecule has 0 bridgehead atoms. The lowest BCUT2D eigenvalue weighted by atomic mass is 10.1. The minimum Gasteiger partial charge on any atom is -0.480 e. The number of aliphatic imine (C=N–C) groups is 1. The zero-order valence-electron chi connectivity index (χ0n) is 17.4. The van der Waals surface area contributed by atoms with Crippen LogP contribution in [0.4, 0.5) is 10.5 Å². The van der Waals surface area contributed by atoms with Crippen molar-refractivity contribution in [3.05, 3.63) is 65.2 Å². The number of aryl methyl sites for hydroxylation is 1. The van der Waals surface area contributed by atoms with Crippen molar-refractivity contribution in [3.63, 3.8) is 0 Å². The molecule has 0 saturated heterocycles. The minimum absolute atomic E-state index is 0.0220. The Bertz CT molecular complexity index is 1040.